The van der Waals surface area contributed by atoms with E-state index in [4.69, 9.17) is 9.47 Å². The van der Waals surface area contributed by atoms with Gasteiger partial charge in [-0.1, -0.05) is 23.9 Å². The number of methoxy groups -OCH3 is 2. The number of esters is 1. The molecular weight excluding hydrogens is 466 g/mol. The number of carbonyl (C=O) groups excluding carboxylic acids is 2. The first-order chi connectivity index (χ1) is 17.1. The van der Waals surface area contributed by atoms with Crippen molar-refractivity contribution in [2.24, 2.45) is 0 Å². The maximum absolute atomic E-state index is 12.5. The number of carbonyl (C=O) groups is 2. The number of thioether (sulfide) groups is 1. The zero-order chi connectivity index (χ0) is 24.6. The smallest absolute Gasteiger partial charge is 0.339 e. The van der Waals surface area contributed by atoms with Gasteiger partial charge >= 0.3 is 5.97 Å². The van der Waals surface area contributed by atoms with E-state index in [-0.39, 0.29) is 11.7 Å². The highest BCUT2D eigenvalue weighted by Gasteiger charge is 2.19. The molecule has 1 aliphatic rings. The van der Waals surface area contributed by atoms with Gasteiger partial charge in [0.1, 0.15) is 11.6 Å². The lowest BCUT2D eigenvalue weighted by molar-refractivity contribution is -0.113. The summed E-state index contributed by atoms with van der Waals surface area (Å²) in [4.78, 5) is 37.9. The maximum atomic E-state index is 12.5. The molecule has 1 aliphatic heterocycles. The number of benzene rings is 2. The number of hydrogen-bond donors (Lipinski definition) is 1. The quantitative estimate of drug-likeness (QED) is 0.288. The molecule has 0 radical (unpaired) electrons. The van der Waals surface area contributed by atoms with Crippen LogP contribution >= 0.6 is 11.8 Å². The molecule has 4 rings (SSSR count). The molecule has 0 bridgehead atoms. The van der Waals surface area contributed by atoms with Crippen LogP contribution in [0.15, 0.2) is 66.0 Å². The van der Waals surface area contributed by atoms with E-state index < -0.39 is 5.97 Å². The molecule has 0 aliphatic carbocycles. The monoisotopic (exact) mass is 493 g/mol. The zero-order valence-electron chi connectivity index (χ0n) is 19.6. The molecule has 0 unspecified atom stereocenters. The van der Waals surface area contributed by atoms with Gasteiger partial charge in [-0.15, -0.1) is 0 Å². The van der Waals surface area contributed by atoms with Gasteiger partial charge in [-0.2, -0.15) is 0 Å². The predicted octanol–water partition coefficient (Wildman–Crippen LogP) is 3.33. The number of ether oxygens (including phenoxy) is 2. The first-order valence-electron chi connectivity index (χ1n) is 11.1. The Kier molecular flexibility index (Phi) is 8.04. The number of nitrogens with one attached hydrogen (secondary N) is 1. The molecule has 182 valence electrons. The van der Waals surface area contributed by atoms with Gasteiger partial charge in [0.15, 0.2) is 5.16 Å². The van der Waals surface area contributed by atoms with Crippen molar-refractivity contribution in [2.45, 2.75) is 5.16 Å². The molecule has 35 heavy (non-hydrogen) atoms. The summed E-state index contributed by atoms with van der Waals surface area (Å²) >= 11 is 1.25. The normalized spacial score (nSPS) is 13.3. The molecule has 1 aromatic heterocycles. The average molecular weight is 494 g/mol. The van der Waals surface area contributed by atoms with Gasteiger partial charge in [-0.05, 0) is 42.5 Å². The van der Waals surface area contributed by atoms with E-state index in [9.17, 15) is 9.59 Å². The molecule has 0 atom stereocenters. The minimum atomic E-state index is -0.503. The Morgan fingerprint density at radius 1 is 0.971 bits per heavy atom. The summed E-state index contributed by atoms with van der Waals surface area (Å²) in [5, 5.41) is 3.29. The van der Waals surface area contributed by atoms with Crippen LogP contribution in [0.3, 0.4) is 0 Å². The summed E-state index contributed by atoms with van der Waals surface area (Å²) in [6.45, 7) is 3.41. The SMILES string of the molecule is COC(=O)c1ccccc1NC(=O)CSc1nccc(N2CCN(c3ccc(OC)cc3)CC2)n1. The highest BCUT2D eigenvalue weighted by atomic mass is 32.2. The van der Waals surface area contributed by atoms with Gasteiger partial charge in [0.25, 0.3) is 0 Å². The second-order valence-electron chi connectivity index (χ2n) is 7.74. The van der Waals surface area contributed by atoms with Crippen molar-refractivity contribution < 1.29 is 19.1 Å². The summed E-state index contributed by atoms with van der Waals surface area (Å²) in [7, 11) is 2.97. The maximum Gasteiger partial charge on any atom is 0.339 e. The topological polar surface area (TPSA) is 96.9 Å². The van der Waals surface area contributed by atoms with Crippen molar-refractivity contribution in [3.63, 3.8) is 0 Å². The molecule has 3 aromatic rings. The lowest BCUT2D eigenvalue weighted by Gasteiger charge is -2.36. The van der Waals surface area contributed by atoms with Crippen LogP contribution in [0.2, 0.25) is 0 Å². The van der Waals surface area contributed by atoms with E-state index >= 15 is 0 Å². The second-order valence-corrected chi connectivity index (χ2v) is 8.69. The standard InChI is InChI=1S/C25H27N5O4S/c1-33-19-9-7-18(8-10-19)29-13-15-30(16-14-29)22-11-12-26-25(28-22)35-17-23(31)27-21-6-4-3-5-20(21)24(32)34-2/h3-12H,13-17H2,1-2H3,(H,27,31). The Morgan fingerprint density at radius 2 is 1.69 bits per heavy atom. The number of nitrogens with zero attached hydrogens (tertiary/aromatic N) is 4. The van der Waals surface area contributed by atoms with Crippen LogP contribution in [0.1, 0.15) is 10.4 Å². The molecule has 0 saturated carbocycles. The van der Waals surface area contributed by atoms with Gasteiger partial charge in [0.2, 0.25) is 5.91 Å². The highest BCUT2D eigenvalue weighted by Crippen LogP contribution is 2.23. The van der Waals surface area contributed by atoms with Gasteiger partial charge in [0.05, 0.1) is 31.2 Å². The van der Waals surface area contributed by atoms with E-state index in [2.05, 4.69) is 37.2 Å². The summed E-state index contributed by atoms with van der Waals surface area (Å²) in [5.41, 5.74) is 1.89. The zero-order valence-corrected chi connectivity index (χ0v) is 20.5. The van der Waals surface area contributed by atoms with Gasteiger partial charge in [-0.25, -0.2) is 14.8 Å². The Morgan fingerprint density at radius 3 is 2.40 bits per heavy atom. The van der Waals surface area contributed by atoms with E-state index in [1.807, 2.05) is 18.2 Å². The Hall–Kier alpha value is -3.79. The third kappa shape index (κ3) is 6.21. The van der Waals surface area contributed by atoms with Crippen molar-refractivity contribution in [1.82, 2.24) is 9.97 Å². The molecule has 10 heteroatoms. The number of para-hydroxylation sites is 1. The van der Waals surface area contributed by atoms with E-state index in [0.717, 1.165) is 37.7 Å². The third-order valence-corrected chi connectivity index (χ3v) is 6.46. The van der Waals surface area contributed by atoms with Crippen molar-refractivity contribution in [3.05, 3.63) is 66.4 Å². The molecular formula is C25H27N5O4S. The fraction of sp³-hybridized carbons (Fsp3) is 0.280. The molecule has 0 spiro atoms. The molecule has 1 N–H and O–H groups in total. The number of anilines is 3. The van der Waals surface area contributed by atoms with Crippen molar-refractivity contribution in [3.8, 4) is 5.75 Å². The number of aromatic nitrogens is 2. The van der Waals surface area contributed by atoms with Crippen LogP contribution in [0.25, 0.3) is 0 Å². The summed E-state index contributed by atoms with van der Waals surface area (Å²) in [6.07, 6.45) is 1.71. The molecule has 1 amide bonds. The Labute approximate surface area is 208 Å². The highest BCUT2D eigenvalue weighted by molar-refractivity contribution is 7.99. The first-order valence-corrected chi connectivity index (χ1v) is 12.1. The lowest BCUT2D eigenvalue weighted by atomic mass is 10.2. The second kappa shape index (κ2) is 11.6. The number of amides is 1. The van der Waals surface area contributed by atoms with E-state index in [1.54, 1.807) is 37.6 Å². The summed E-state index contributed by atoms with van der Waals surface area (Å²) < 4.78 is 10.0. The number of piperazine rings is 1. The van der Waals surface area contributed by atoms with Gasteiger partial charge in [0, 0.05) is 38.1 Å². The van der Waals surface area contributed by atoms with Crippen molar-refractivity contribution in [2.75, 3.05) is 61.3 Å². The number of hydrogen-bond acceptors (Lipinski definition) is 9. The Balaban J connectivity index is 1.31. The molecule has 1 saturated heterocycles. The fourth-order valence-corrected chi connectivity index (χ4v) is 4.39. The molecule has 2 heterocycles. The van der Waals surface area contributed by atoms with Crippen LogP contribution in [-0.4, -0.2) is 68.0 Å². The average Bonchev–Trinajstić information content (AvgIpc) is 2.92. The molecule has 2 aromatic carbocycles. The summed E-state index contributed by atoms with van der Waals surface area (Å²) in [5.74, 6) is 1.04. The molecule has 9 nitrogen and oxygen atoms in total. The van der Waals surface area contributed by atoms with E-state index in [1.165, 1.54) is 24.6 Å². The summed E-state index contributed by atoms with van der Waals surface area (Å²) in [6, 6.07) is 16.7. The van der Waals surface area contributed by atoms with Crippen LogP contribution in [-0.2, 0) is 9.53 Å². The van der Waals surface area contributed by atoms with Crippen LogP contribution < -0.4 is 19.9 Å². The van der Waals surface area contributed by atoms with Crippen LogP contribution in [0.4, 0.5) is 17.2 Å². The first kappa shape index (κ1) is 24.3. The number of rotatable bonds is 8. The minimum absolute atomic E-state index is 0.115. The van der Waals surface area contributed by atoms with E-state index in [0.29, 0.717) is 16.4 Å². The van der Waals surface area contributed by atoms with Crippen molar-refractivity contribution >= 4 is 40.8 Å². The minimum Gasteiger partial charge on any atom is -0.497 e. The predicted molar refractivity (Wildman–Crippen MR) is 137 cm³/mol. The van der Waals surface area contributed by atoms with Crippen LogP contribution in [0, 0.1) is 0 Å². The largest absolute Gasteiger partial charge is 0.497 e. The van der Waals surface area contributed by atoms with Crippen LogP contribution in [0.5, 0.6) is 5.75 Å². The van der Waals surface area contributed by atoms with Crippen molar-refractivity contribution in [1.29, 1.82) is 0 Å². The van der Waals surface area contributed by atoms with Gasteiger partial charge < -0.3 is 24.6 Å². The third-order valence-electron chi connectivity index (χ3n) is 5.60. The van der Waals surface area contributed by atoms with Gasteiger partial charge in [-0.3, -0.25) is 4.79 Å². The molecule has 1 fully saturated rings. The lowest BCUT2D eigenvalue weighted by Crippen LogP contribution is -2.46. The Bertz CT molecular complexity index is 1170. The fourth-order valence-electron chi connectivity index (χ4n) is 3.76.